The summed E-state index contributed by atoms with van der Waals surface area (Å²) in [4.78, 5) is 7.63. The predicted octanol–water partition coefficient (Wildman–Crippen LogP) is 2.63. The number of aromatic nitrogens is 2. The van der Waals surface area contributed by atoms with Gasteiger partial charge in [0.05, 0.1) is 0 Å². The van der Waals surface area contributed by atoms with E-state index in [2.05, 4.69) is 30.1 Å². The van der Waals surface area contributed by atoms with Gasteiger partial charge in [-0.1, -0.05) is 31.7 Å². The summed E-state index contributed by atoms with van der Waals surface area (Å²) in [6, 6.07) is 1.90. The van der Waals surface area contributed by atoms with Crippen molar-refractivity contribution in [2.24, 2.45) is 0 Å². The zero-order valence-corrected chi connectivity index (χ0v) is 11.5. The van der Waals surface area contributed by atoms with E-state index in [0.29, 0.717) is 5.92 Å². The van der Waals surface area contributed by atoms with Crippen LogP contribution in [0.25, 0.3) is 0 Å². The largest absolute Gasteiger partial charge is 2.00 e. The topological polar surface area (TPSA) is 25.8 Å². The molecule has 0 saturated carbocycles. The predicted molar refractivity (Wildman–Crippen MR) is 50.6 cm³/mol. The van der Waals surface area contributed by atoms with Gasteiger partial charge in [0.25, 0.3) is 0 Å². The molecule has 0 aliphatic rings. The van der Waals surface area contributed by atoms with E-state index < -0.39 is 0 Å². The van der Waals surface area contributed by atoms with Crippen molar-refractivity contribution in [1.82, 2.24) is 9.97 Å². The Morgan fingerprint density at radius 1 is 1.38 bits per heavy atom. The second-order valence-corrected chi connectivity index (χ2v) is 2.81. The molecule has 1 aromatic heterocycles. The Morgan fingerprint density at radius 3 is 2.15 bits per heavy atom. The third-order valence-corrected chi connectivity index (χ3v) is 1.15. The molecule has 3 heteroatoms. The summed E-state index contributed by atoms with van der Waals surface area (Å²) in [5.41, 5.74) is 1.05. The molecule has 0 aliphatic carbocycles. The van der Waals surface area contributed by atoms with Gasteiger partial charge in [0.1, 0.15) is 0 Å². The molecular weight excluding hydrogens is 332 g/mol. The number of nitrogens with zero attached hydrogens (tertiary/aromatic N) is 2. The molecule has 0 unspecified atom stereocenters. The zero-order chi connectivity index (χ0) is 9.40. The molecule has 13 heavy (non-hydrogen) atoms. The fraction of sp³-hybridized carbons (Fsp3) is 0.500. The first kappa shape index (κ1) is 15.2. The first-order chi connectivity index (χ1) is 5.72. The molecule has 0 N–H and O–H groups in total. The average molecular weight is 348 g/mol. The summed E-state index contributed by atoms with van der Waals surface area (Å²) in [6.07, 6.45) is 6.25. The molecule has 0 radical (unpaired) electrons. The summed E-state index contributed by atoms with van der Waals surface area (Å²) < 4.78 is 0. The van der Waals surface area contributed by atoms with Crippen LogP contribution in [0.4, 0.5) is 0 Å². The van der Waals surface area contributed by atoms with E-state index in [9.17, 15) is 0 Å². The van der Waals surface area contributed by atoms with Crippen molar-refractivity contribution in [3.63, 3.8) is 0 Å². The van der Waals surface area contributed by atoms with E-state index in [1.165, 1.54) is 0 Å². The van der Waals surface area contributed by atoms with Gasteiger partial charge in [0, 0.05) is 6.33 Å². The summed E-state index contributed by atoms with van der Waals surface area (Å²) in [5.74, 6) is 0.476. The van der Waals surface area contributed by atoms with Crippen LogP contribution in [0.5, 0.6) is 0 Å². The van der Waals surface area contributed by atoms with Crippen molar-refractivity contribution in [3.8, 4) is 0 Å². The standard InChI is InChI=1S/C7H9N2.C3H7.W/c1-6(2)7-3-4-8-5-9-7;1-3-2;/h3-4,6H,1-2H3;3H,1-2H3;/q2*-1;+2. The van der Waals surface area contributed by atoms with Gasteiger partial charge in [-0.05, 0) is 0 Å². The molecule has 0 saturated heterocycles. The SMILES string of the molecule is CC(C)c1ccn[c-]n1.C[CH-]C.[W+2]. The molecule has 0 spiro atoms. The Hall–Kier alpha value is -0.232. The van der Waals surface area contributed by atoms with Crippen molar-refractivity contribution in [3.05, 3.63) is 30.7 Å². The molecule has 0 bridgehead atoms. The second kappa shape index (κ2) is 9.85. The van der Waals surface area contributed by atoms with Crippen LogP contribution in [0.1, 0.15) is 39.3 Å². The first-order valence-corrected chi connectivity index (χ1v) is 4.15. The maximum absolute atomic E-state index is 3.94. The third kappa shape index (κ3) is 8.11. The van der Waals surface area contributed by atoms with Crippen LogP contribution in [0.3, 0.4) is 0 Å². The molecule has 72 valence electrons. The molecule has 0 amide bonds. The van der Waals surface area contributed by atoms with Crippen LogP contribution in [0.2, 0.25) is 0 Å². The van der Waals surface area contributed by atoms with Gasteiger partial charge in [-0.25, -0.2) is 0 Å². The summed E-state index contributed by atoms with van der Waals surface area (Å²) in [6.45, 7) is 8.19. The minimum atomic E-state index is 0. The van der Waals surface area contributed by atoms with Crippen molar-refractivity contribution < 1.29 is 21.1 Å². The van der Waals surface area contributed by atoms with Crippen LogP contribution < -0.4 is 0 Å². The minimum absolute atomic E-state index is 0. The van der Waals surface area contributed by atoms with E-state index in [1.54, 1.807) is 6.20 Å². The van der Waals surface area contributed by atoms with Crippen molar-refractivity contribution >= 4 is 0 Å². The molecule has 0 fully saturated rings. The zero-order valence-electron chi connectivity index (χ0n) is 8.61. The van der Waals surface area contributed by atoms with Gasteiger partial charge in [0.2, 0.25) is 0 Å². The van der Waals surface area contributed by atoms with Crippen LogP contribution in [0, 0.1) is 12.7 Å². The van der Waals surface area contributed by atoms with Gasteiger partial charge in [0.15, 0.2) is 0 Å². The Kier molecular flexibility index (Phi) is 11.6. The van der Waals surface area contributed by atoms with Crippen LogP contribution in [-0.2, 0) is 21.1 Å². The van der Waals surface area contributed by atoms with Gasteiger partial charge in [-0.2, -0.15) is 13.8 Å². The quantitative estimate of drug-likeness (QED) is 0.730. The fourth-order valence-corrected chi connectivity index (χ4v) is 0.592. The average Bonchev–Trinajstić information content (AvgIpc) is 2.07. The maximum atomic E-state index is 3.94. The van der Waals surface area contributed by atoms with Crippen LogP contribution >= 0.6 is 0 Å². The van der Waals surface area contributed by atoms with Crippen molar-refractivity contribution in [2.45, 2.75) is 33.6 Å². The molecule has 1 heterocycles. The van der Waals surface area contributed by atoms with Gasteiger partial charge in [-0.15, -0.1) is 6.07 Å². The molecule has 1 aromatic rings. The summed E-state index contributed by atoms with van der Waals surface area (Å²) in [7, 11) is 0. The van der Waals surface area contributed by atoms with E-state index in [4.69, 9.17) is 0 Å². The minimum Gasteiger partial charge on any atom is -0.374 e. The molecule has 1 rings (SSSR count). The number of hydrogen-bond acceptors (Lipinski definition) is 2. The molecule has 0 aliphatic heterocycles. The van der Waals surface area contributed by atoms with Gasteiger partial charge >= 0.3 is 21.1 Å². The normalized spacial score (nSPS) is 8.38. The molecular formula is C10H16N2W. The summed E-state index contributed by atoms with van der Waals surface area (Å²) in [5, 5.41) is 0. The molecule has 0 atom stereocenters. The van der Waals surface area contributed by atoms with Crippen molar-refractivity contribution in [2.75, 3.05) is 0 Å². The van der Waals surface area contributed by atoms with Crippen LogP contribution in [-0.4, -0.2) is 9.97 Å². The van der Waals surface area contributed by atoms with Crippen LogP contribution in [0.15, 0.2) is 12.3 Å². The Balaban J connectivity index is 0. The number of rotatable bonds is 1. The number of hydrogen-bond donors (Lipinski definition) is 0. The van der Waals surface area contributed by atoms with E-state index in [0.717, 1.165) is 5.69 Å². The second-order valence-electron chi connectivity index (χ2n) is 2.81. The van der Waals surface area contributed by atoms with Crippen molar-refractivity contribution in [1.29, 1.82) is 0 Å². The van der Waals surface area contributed by atoms with Gasteiger partial charge < -0.3 is 16.4 Å². The van der Waals surface area contributed by atoms with Gasteiger partial charge in [-0.3, -0.25) is 0 Å². The van der Waals surface area contributed by atoms with E-state index >= 15 is 0 Å². The fourth-order valence-electron chi connectivity index (χ4n) is 0.592. The monoisotopic (exact) mass is 348 g/mol. The molecule has 0 aromatic carbocycles. The first-order valence-electron chi connectivity index (χ1n) is 4.15. The molecule has 2 nitrogen and oxygen atoms in total. The maximum Gasteiger partial charge on any atom is 2.00 e. The smallest absolute Gasteiger partial charge is 0.374 e. The van der Waals surface area contributed by atoms with E-state index in [-0.39, 0.29) is 21.1 Å². The Labute approximate surface area is 95.5 Å². The third-order valence-electron chi connectivity index (χ3n) is 1.15. The summed E-state index contributed by atoms with van der Waals surface area (Å²) >= 11 is 0. The van der Waals surface area contributed by atoms with E-state index in [1.807, 2.05) is 26.3 Å². The Morgan fingerprint density at radius 2 is 1.92 bits per heavy atom. The Bertz CT molecular complexity index is 187.